The van der Waals surface area contributed by atoms with Gasteiger partial charge < -0.3 is 24.9 Å². The Morgan fingerprint density at radius 1 is 0.952 bits per heavy atom. The summed E-state index contributed by atoms with van der Waals surface area (Å²) in [7, 11) is -0.271. The van der Waals surface area contributed by atoms with E-state index in [1.807, 2.05) is 55.6 Å². The molecule has 0 unspecified atom stereocenters. The molecule has 0 aliphatic rings. The smallest absolute Gasteiger partial charge is 0.253 e. The van der Waals surface area contributed by atoms with Crippen LogP contribution >= 0.6 is 0 Å². The average molecular weight is 591 g/mol. The molecule has 1 atom stereocenters. The minimum atomic E-state index is -2.13. The van der Waals surface area contributed by atoms with Gasteiger partial charge in [-0.1, -0.05) is 69.3 Å². The lowest BCUT2D eigenvalue weighted by Crippen LogP contribution is -2.47. The SMILES string of the molecule is CN(CCc1ccccc1)C(=O)c1cccc(CC(C)(C)NC[C@@H](O[Si](C)(C)C(C)(C)C)c2ccc(O)c(CO)c2)c1. The third-order valence-corrected chi connectivity index (χ3v) is 12.9. The summed E-state index contributed by atoms with van der Waals surface area (Å²) in [5, 5.41) is 23.6. The van der Waals surface area contributed by atoms with Gasteiger partial charge in [-0.2, -0.15) is 0 Å². The molecule has 3 N–H and O–H groups in total. The molecule has 0 aliphatic heterocycles. The first-order valence-electron chi connectivity index (χ1n) is 14.9. The van der Waals surface area contributed by atoms with Crippen molar-refractivity contribution < 1.29 is 19.4 Å². The fourth-order valence-corrected chi connectivity index (χ4v) is 6.00. The zero-order valence-corrected chi connectivity index (χ0v) is 27.7. The lowest BCUT2D eigenvalue weighted by atomic mass is 9.93. The largest absolute Gasteiger partial charge is 0.508 e. The summed E-state index contributed by atoms with van der Waals surface area (Å²) in [6, 6.07) is 23.5. The summed E-state index contributed by atoms with van der Waals surface area (Å²) >= 11 is 0. The first-order valence-corrected chi connectivity index (χ1v) is 17.8. The fraction of sp³-hybridized carbons (Fsp3) is 0.457. The number of aromatic hydroxyl groups is 1. The molecular formula is C35H50N2O4Si. The second kappa shape index (κ2) is 14.0. The van der Waals surface area contributed by atoms with Crippen LogP contribution in [-0.4, -0.2) is 55.0 Å². The van der Waals surface area contributed by atoms with Crippen molar-refractivity contribution >= 4 is 14.2 Å². The van der Waals surface area contributed by atoms with Gasteiger partial charge in [0.15, 0.2) is 8.32 Å². The number of phenols is 1. The number of hydrogen-bond acceptors (Lipinski definition) is 5. The van der Waals surface area contributed by atoms with Crippen LogP contribution in [0.1, 0.15) is 73.3 Å². The van der Waals surface area contributed by atoms with Crippen LogP contribution in [-0.2, 0) is 23.9 Å². The van der Waals surface area contributed by atoms with E-state index in [0.717, 1.165) is 24.0 Å². The van der Waals surface area contributed by atoms with Crippen molar-refractivity contribution in [1.82, 2.24) is 10.2 Å². The van der Waals surface area contributed by atoms with E-state index in [4.69, 9.17) is 4.43 Å². The number of aliphatic hydroxyl groups excluding tert-OH is 1. The van der Waals surface area contributed by atoms with E-state index < -0.39 is 8.32 Å². The van der Waals surface area contributed by atoms with Crippen LogP contribution in [0.15, 0.2) is 72.8 Å². The maximum absolute atomic E-state index is 13.2. The number of rotatable bonds is 13. The molecule has 7 heteroatoms. The Labute approximate surface area is 253 Å². The standard InChI is InChI=1S/C35H50N2O4Si/c1-34(2,3)42(7,8)41-32(28-17-18-31(39)30(22-28)25-38)24-36-35(4,5)23-27-15-12-16-29(21-27)33(40)37(6)20-19-26-13-10-9-11-14-26/h9-18,21-22,32,36,38-39H,19-20,23-25H2,1-8H3/t32-/m1/s1. The van der Waals surface area contributed by atoms with E-state index in [1.54, 1.807) is 11.0 Å². The molecule has 0 heterocycles. The van der Waals surface area contributed by atoms with Gasteiger partial charge in [0.1, 0.15) is 5.75 Å². The van der Waals surface area contributed by atoms with Crippen LogP contribution in [0.5, 0.6) is 5.75 Å². The van der Waals surface area contributed by atoms with Crippen LogP contribution in [0.4, 0.5) is 0 Å². The predicted octanol–water partition coefficient (Wildman–Crippen LogP) is 6.87. The number of carbonyl (C=O) groups is 1. The van der Waals surface area contributed by atoms with Crippen molar-refractivity contribution in [2.75, 3.05) is 20.1 Å². The summed E-state index contributed by atoms with van der Waals surface area (Å²) in [6.45, 7) is 16.4. The van der Waals surface area contributed by atoms with Gasteiger partial charge in [-0.15, -0.1) is 0 Å². The number of hydrogen-bond donors (Lipinski definition) is 3. The molecule has 3 aromatic rings. The molecule has 42 heavy (non-hydrogen) atoms. The molecular weight excluding hydrogens is 540 g/mol. The molecule has 0 bridgehead atoms. The maximum atomic E-state index is 13.2. The van der Waals surface area contributed by atoms with Crippen LogP contribution < -0.4 is 5.32 Å². The van der Waals surface area contributed by atoms with Gasteiger partial charge in [-0.05, 0) is 85.8 Å². The number of carbonyl (C=O) groups excluding carboxylic acids is 1. The summed E-state index contributed by atoms with van der Waals surface area (Å²) in [6.07, 6.45) is 1.30. The topological polar surface area (TPSA) is 82.0 Å². The van der Waals surface area contributed by atoms with E-state index in [2.05, 4.69) is 71.2 Å². The average Bonchev–Trinajstić information content (AvgIpc) is 2.93. The molecule has 0 radical (unpaired) electrons. The number of likely N-dealkylation sites (N-methyl/N-ethyl adjacent to an activating group) is 1. The highest BCUT2D eigenvalue weighted by atomic mass is 28.4. The van der Waals surface area contributed by atoms with Crippen molar-refractivity contribution in [1.29, 1.82) is 0 Å². The van der Waals surface area contributed by atoms with Gasteiger partial charge in [-0.25, -0.2) is 0 Å². The van der Waals surface area contributed by atoms with E-state index in [9.17, 15) is 15.0 Å². The minimum Gasteiger partial charge on any atom is -0.508 e. The molecule has 0 aliphatic carbocycles. The molecule has 0 saturated heterocycles. The molecule has 0 saturated carbocycles. The first-order chi connectivity index (χ1) is 19.6. The fourth-order valence-electron chi connectivity index (χ4n) is 4.71. The summed E-state index contributed by atoms with van der Waals surface area (Å²) in [5.41, 5.74) is 4.13. The highest BCUT2D eigenvalue weighted by molar-refractivity contribution is 6.74. The van der Waals surface area contributed by atoms with Gasteiger partial charge >= 0.3 is 0 Å². The first kappa shape index (κ1) is 33.5. The molecule has 6 nitrogen and oxygen atoms in total. The Morgan fingerprint density at radius 3 is 2.26 bits per heavy atom. The lowest BCUT2D eigenvalue weighted by molar-refractivity contribution is 0.0796. The van der Waals surface area contributed by atoms with Crippen molar-refractivity contribution in [2.45, 2.75) is 83.8 Å². The third-order valence-electron chi connectivity index (χ3n) is 8.40. The molecule has 228 valence electrons. The second-order valence-corrected chi connectivity index (χ2v) is 18.3. The predicted molar refractivity (Wildman–Crippen MR) is 174 cm³/mol. The monoisotopic (exact) mass is 590 g/mol. The van der Waals surface area contributed by atoms with Crippen LogP contribution in [0, 0.1) is 0 Å². The Morgan fingerprint density at radius 2 is 1.62 bits per heavy atom. The molecule has 3 aromatic carbocycles. The van der Waals surface area contributed by atoms with Crippen LogP contribution in [0.2, 0.25) is 18.1 Å². The highest BCUT2D eigenvalue weighted by Gasteiger charge is 2.40. The number of benzene rings is 3. The number of aliphatic hydroxyl groups is 1. The van der Waals surface area contributed by atoms with Gasteiger partial charge in [-0.3, -0.25) is 4.79 Å². The summed E-state index contributed by atoms with van der Waals surface area (Å²) < 4.78 is 6.87. The minimum absolute atomic E-state index is 0.0217. The van der Waals surface area contributed by atoms with Gasteiger partial charge in [0.05, 0.1) is 12.7 Å². The summed E-state index contributed by atoms with van der Waals surface area (Å²) in [4.78, 5) is 15.0. The van der Waals surface area contributed by atoms with Crippen molar-refractivity contribution in [2.24, 2.45) is 0 Å². The highest BCUT2D eigenvalue weighted by Crippen LogP contribution is 2.40. The van der Waals surface area contributed by atoms with Crippen LogP contribution in [0.25, 0.3) is 0 Å². The van der Waals surface area contributed by atoms with Gasteiger partial charge in [0.2, 0.25) is 0 Å². The Kier molecular flexibility index (Phi) is 11.2. The molecule has 1 amide bonds. The molecule has 0 fully saturated rings. The quantitative estimate of drug-likeness (QED) is 0.189. The van der Waals surface area contributed by atoms with Crippen molar-refractivity contribution in [3.63, 3.8) is 0 Å². The Hall–Kier alpha value is -2.97. The summed E-state index contributed by atoms with van der Waals surface area (Å²) in [5.74, 6) is 0.106. The zero-order chi connectivity index (χ0) is 31.1. The van der Waals surface area contributed by atoms with Crippen molar-refractivity contribution in [3.8, 4) is 5.75 Å². The molecule has 3 rings (SSSR count). The number of nitrogens with zero attached hydrogens (tertiary/aromatic N) is 1. The normalized spacial score (nSPS) is 13.2. The van der Waals surface area contributed by atoms with Crippen LogP contribution in [0.3, 0.4) is 0 Å². The number of amides is 1. The Bertz CT molecular complexity index is 1320. The van der Waals surface area contributed by atoms with E-state index in [0.29, 0.717) is 24.2 Å². The number of nitrogens with one attached hydrogen (secondary N) is 1. The van der Waals surface area contributed by atoms with E-state index in [1.165, 1.54) is 5.56 Å². The third kappa shape index (κ3) is 9.26. The molecule has 0 aromatic heterocycles. The zero-order valence-electron chi connectivity index (χ0n) is 26.7. The van der Waals surface area contributed by atoms with E-state index in [-0.39, 0.29) is 34.9 Å². The van der Waals surface area contributed by atoms with Gasteiger partial charge in [0, 0.05) is 36.8 Å². The van der Waals surface area contributed by atoms with Crippen molar-refractivity contribution in [3.05, 3.63) is 101 Å². The lowest BCUT2D eigenvalue weighted by Gasteiger charge is -2.40. The maximum Gasteiger partial charge on any atom is 0.253 e. The van der Waals surface area contributed by atoms with Gasteiger partial charge in [0.25, 0.3) is 5.91 Å². The molecule has 0 spiro atoms. The second-order valence-electron chi connectivity index (χ2n) is 13.5. The van der Waals surface area contributed by atoms with E-state index >= 15 is 0 Å². The Balaban J connectivity index is 1.71.